The van der Waals surface area contributed by atoms with Crippen molar-refractivity contribution in [3.05, 3.63) is 41.0 Å². The minimum atomic E-state index is -0.798. The average Bonchev–Trinajstić information content (AvgIpc) is 2.63. The lowest BCUT2D eigenvalue weighted by molar-refractivity contribution is -0.154. The molecule has 0 N–H and O–H groups in total. The van der Waals surface area contributed by atoms with Gasteiger partial charge in [0.25, 0.3) is 5.91 Å². The molecule has 27 heavy (non-hydrogen) atoms. The Balaban J connectivity index is 1.96. The maximum Gasteiger partial charge on any atom is 0.349 e. The molecule has 0 unspecified atom stereocenters. The van der Waals surface area contributed by atoms with Gasteiger partial charge in [0.15, 0.2) is 6.61 Å². The molecule has 6 heteroatoms. The number of hydrogen-bond acceptors (Lipinski definition) is 5. The van der Waals surface area contributed by atoms with E-state index in [1.165, 1.54) is 11.6 Å². The quantitative estimate of drug-likeness (QED) is 0.452. The van der Waals surface area contributed by atoms with Gasteiger partial charge >= 0.3 is 5.97 Å². The first-order valence-corrected chi connectivity index (χ1v) is 9.12. The number of nitrogens with zero attached hydrogens (tertiary/aromatic N) is 2. The van der Waals surface area contributed by atoms with Gasteiger partial charge in [0.2, 0.25) is 0 Å². The highest BCUT2D eigenvalue weighted by Gasteiger charge is 2.26. The van der Waals surface area contributed by atoms with Crippen LogP contribution in [0.3, 0.4) is 0 Å². The molecule has 1 heterocycles. The maximum absolute atomic E-state index is 12.3. The smallest absolute Gasteiger partial charge is 0.349 e. The molecule has 2 atom stereocenters. The first-order valence-electron chi connectivity index (χ1n) is 9.12. The molecule has 0 saturated carbocycles. The summed E-state index contributed by atoms with van der Waals surface area (Å²) in [6.07, 6.45) is 1.35. The Bertz CT molecular complexity index is 736. The lowest BCUT2D eigenvalue weighted by Gasteiger charge is -2.35. The van der Waals surface area contributed by atoms with Crippen LogP contribution in [0.5, 0.6) is 0 Å². The van der Waals surface area contributed by atoms with E-state index >= 15 is 0 Å². The third-order valence-electron chi connectivity index (χ3n) is 4.35. The second kappa shape index (κ2) is 9.33. The topological polar surface area (TPSA) is 79.6 Å². The highest BCUT2D eigenvalue weighted by Crippen LogP contribution is 2.17. The number of amides is 1. The van der Waals surface area contributed by atoms with E-state index in [-0.39, 0.29) is 30.3 Å². The average molecular weight is 370 g/mol. The molecule has 1 saturated heterocycles. The van der Waals surface area contributed by atoms with Crippen molar-refractivity contribution in [1.29, 1.82) is 5.26 Å². The third-order valence-corrected chi connectivity index (χ3v) is 4.35. The van der Waals surface area contributed by atoms with Crippen LogP contribution in [-0.2, 0) is 19.1 Å². The van der Waals surface area contributed by atoms with E-state index < -0.39 is 5.97 Å². The predicted octanol–water partition coefficient (Wildman–Crippen LogP) is 2.90. The summed E-state index contributed by atoms with van der Waals surface area (Å²) < 4.78 is 10.6. The van der Waals surface area contributed by atoms with Crippen molar-refractivity contribution < 1.29 is 19.1 Å². The Hall–Kier alpha value is -2.65. The van der Waals surface area contributed by atoms with Crippen LogP contribution in [0.15, 0.2) is 29.8 Å². The molecular weight excluding hydrogens is 344 g/mol. The van der Waals surface area contributed by atoms with Gasteiger partial charge in [0.05, 0.1) is 12.2 Å². The lowest BCUT2D eigenvalue weighted by Crippen LogP contribution is -2.49. The second-order valence-electron chi connectivity index (χ2n) is 7.12. The maximum atomic E-state index is 12.3. The zero-order chi connectivity index (χ0) is 20.0. The van der Waals surface area contributed by atoms with Crippen LogP contribution in [0.25, 0.3) is 6.08 Å². The SMILES string of the molecule is CC(C)c1ccc(/C=C(\C#N)C(=O)OCC(=O)N2C[C@@H](C)O[C@H](C)C2)cc1. The lowest BCUT2D eigenvalue weighted by atomic mass is 10.0. The molecule has 0 aromatic heterocycles. The van der Waals surface area contributed by atoms with Crippen LogP contribution in [0.1, 0.15) is 44.7 Å². The van der Waals surface area contributed by atoms with E-state index in [1.807, 2.05) is 44.2 Å². The predicted molar refractivity (Wildman–Crippen MR) is 102 cm³/mol. The summed E-state index contributed by atoms with van der Waals surface area (Å²) in [6, 6.07) is 9.46. The van der Waals surface area contributed by atoms with Crippen LogP contribution < -0.4 is 0 Å². The summed E-state index contributed by atoms with van der Waals surface area (Å²) in [5, 5.41) is 9.25. The van der Waals surface area contributed by atoms with Crippen molar-refractivity contribution in [2.45, 2.75) is 45.8 Å². The molecule has 1 aromatic carbocycles. The Kier molecular flexibility index (Phi) is 7.14. The van der Waals surface area contributed by atoms with Crippen molar-refractivity contribution in [2.24, 2.45) is 0 Å². The molecule has 1 amide bonds. The zero-order valence-electron chi connectivity index (χ0n) is 16.3. The molecule has 6 nitrogen and oxygen atoms in total. The van der Waals surface area contributed by atoms with Crippen molar-refractivity contribution in [1.82, 2.24) is 4.90 Å². The Morgan fingerprint density at radius 3 is 2.37 bits per heavy atom. The molecule has 1 aliphatic rings. The molecular formula is C21H26N2O4. The van der Waals surface area contributed by atoms with E-state index in [2.05, 4.69) is 13.8 Å². The summed E-state index contributed by atoms with van der Waals surface area (Å²) >= 11 is 0. The Morgan fingerprint density at radius 2 is 1.85 bits per heavy atom. The zero-order valence-corrected chi connectivity index (χ0v) is 16.3. The van der Waals surface area contributed by atoms with Gasteiger partial charge in [-0.1, -0.05) is 38.1 Å². The van der Waals surface area contributed by atoms with E-state index in [4.69, 9.17) is 9.47 Å². The number of benzene rings is 1. The molecule has 1 fully saturated rings. The van der Waals surface area contributed by atoms with Crippen LogP contribution in [0.2, 0.25) is 0 Å². The first kappa shape index (κ1) is 20.7. The van der Waals surface area contributed by atoms with Crippen molar-refractivity contribution in [3.8, 4) is 6.07 Å². The molecule has 1 aliphatic heterocycles. The Morgan fingerprint density at radius 1 is 1.26 bits per heavy atom. The number of carbonyl (C=O) groups is 2. The summed E-state index contributed by atoms with van der Waals surface area (Å²) in [5.74, 6) is -0.683. The van der Waals surface area contributed by atoms with Gasteiger partial charge in [0.1, 0.15) is 11.6 Å². The third kappa shape index (κ3) is 5.93. The highest BCUT2D eigenvalue weighted by atomic mass is 16.5. The van der Waals surface area contributed by atoms with Gasteiger partial charge in [-0.25, -0.2) is 4.79 Å². The number of morpholine rings is 1. The van der Waals surface area contributed by atoms with Gasteiger partial charge in [-0.15, -0.1) is 0 Å². The second-order valence-corrected chi connectivity index (χ2v) is 7.12. The fourth-order valence-corrected chi connectivity index (χ4v) is 2.96. The number of nitriles is 1. The van der Waals surface area contributed by atoms with Crippen molar-refractivity contribution in [2.75, 3.05) is 19.7 Å². The monoisotopic (exact) mass is 370 g/mol. The Labute approximate surface area is 160 Å². The summed E-state index contributed by atoms with van der Waals surface area (Å²) in [4.78, 5) is 26.0. The van der Waals surface area contributed by atoms with Crippen LogP contribution in [0, 0.1) is 11.3 Å². The molecule has 0 aliphatic carbocycles. The fourth-order valence-electron chi connectivity index (χ4n) is 2.96. The molecule has 144 valence electrons. The molecule has 1 aromatic rings. The van der Waals surface area contributed by atoms with E-state index in [9.17, 15) is 14.9 Å². The first-order chi connectivity index (χ1) is 12.8. The van der Waals surface area contributed by atoms with Crippen molar-refractivity contribution >= 4 is 18.0 Å². The van der Waals surface area contributed by atoms with Gasteiger partial charge in [0, 0.05) is 13.1 Å². The van der Waals surface area contributed by atoms with Crippen molar-refractivity contribution in [3.63, 3.8) is 0 Å². The number of esters is 1. The number of rotatable bonds is 5. The normalized spacial score (nSPS) is 20.3. The van der Waals surface area contributed by atoms with Crippen LogP contribution in [-0.4, -0.2) is 48.7 Å². The highest BCUT2D eigenvalue weighted by molar-refractivity contribution is 5.98. The molecule has 0 spiro atoms. The van der Waals surface area contributed by atoms with Gasteiger partial charge in [-0.05, 0) is 37.0 Å². The number of hydrogen-bond donors (Lipinski definition) is 0. The largest absolute Gasteiger partial charge is 0.451 e. The standard InChI is InChI=1S/C21H26N2O4/c1-14(2)18-7-5-17(6-8-18)9-19(10-22)21(25)26-13-20(24)23-11-15(3)27-16(4)12-23/h5-9,14-16H,11-13H2,1-4H3/b19-9+/t15-,16-/m1/s1. The summed E-state index contributed by atoms with van der Waals surface area (Å²) in [5.41, 5.74) is 1.77. The van der Waals surface area contributed by atoms with E-state index in [0.29, 0.717) is 19.0 Å². The van der Waals surface area contributed by atoms with Gasteiger partial charge < -0.3 is 14.4 Å². The molecule has 2 rings (SSSR count). The van der Waals surface area contributed by atoms with Gasteiger partial charge in [-0.2, -0.15) is 5.26 Å². The molecule has 0 radical (unpaired) electrons. The molecule has 0 bridgehead atoms. The number of ether oxygens (including phenoxy) is 2. The minimum absolute atomic E-state index is 0.0585. The number of carbonyl (C=O) groups excluding carboxylic acids is 2. The summed E-state index contributed by atoms with van der Waals surface area (Å²) in [7, 11) is 0. The van der Waals surface area contributed by atoms with E-state index in [0.717, 1.165) is 5.56 Å². The summed E-state index contributed by atoms with van der Waals surface area (Å²) in [6.45, 7) is 8.51. The fraction of sp³-hybridized carbons (Fsp3) is 0.476. The minimum Gasteiger partial charge on any atom is -0.451 e. The van der Waals surface area contributed by atoms with Gasteiger partial charge in [-0.3, -0.25) is 4.79 Å². The van der Waals surface area contributed by atoms with E-state index in [1.54, 1.807) is 4.90 Å². The van der Waals surface area contributed by atoms with Crippen LogP contribution in [0.4, 0.5) is 0 Å². The van der Waals surface area contributed by atoms with Crippen LogP contribution >= 0.6 is 0 Å².